The summed E-state index contributed by atoms with van der Waals surface area (Å²) < 4.78 is 15.9. The van der Waals surface area contributed by atoms with Gasteiger partial charge >= 0.3 is 0 Å². The lowest BCUT2D eigenvalue weighted by molar-refractivity contribution is -0.125. The molecule has 5 aromatic rings. The summed E-state index contributed by atoms with van der Waals surface area (Å²) in [6.07, 6.45) is 8.69. The summed E-state index contributed by atoms with van der Waals surface area (Å²) in [6, 6.07) is 25.1. The van der Waals surface area contributed by atoms with Crippen molar-refractivity contribution in [3.8, 4) is 22.6 Å². The van der Waals surface area contributed by atoms with Crippen LogP contribution in [-0.4, -0.2) is 67.6 Å². The number of guanidine groups is 1. The first-order valence-corrected chi connectivity index (χ1v) is 19.1. The number of aromatic nitrogens is 6. The summed E-state index contributed by atoms with van der Waals surface area (Å²) in [5.74, 6) is 1.93. The fraction of sp³-hybridized carbons (Fsp3) is 0.415. The van der Waals surface area contributed by atoms with Crippen molar-refractivity contribution in [3.05, 3.63) is 108 Å². The molecule has 0 unspecified atom stereocenters. The summed E-state index contributed by atoms with van der Waals surface area (Å²) >= 11 is 0. The molecule has 0 spiro atoms. The minimum absolute atomic E-state index is 0.0149. The highest BCUT2D eigenvalue weighted by atomic mass is 16.5. The van der Waals surface area contributed by atoms with Crippen LogP contribution < -0.4 is 32.0 Å². The molecule has 0 fully saturated rings. The van der Waals surface area contributed by atoms with Gasteiger partial charge in [0.15, 0.2) is 5.96 Å². The number of nitrogens with one attached hydrogen (secondary N) is 1. The van der Waals surface area contributed by atoms with Crippen LogP contribution in [0.15, 0.2) is 96.2 Å². The molecule has 1 amide bonds. The van der Waals surface area contributed by atoms with Gasteiger partial charge in [-0.1, -0.05) is 97.4 Å². The highest BCUT2D eigenvalue weighted by Gasteiger charge is 2.25. The fourth-order valence-electron chi connectivity index (χ4n) is 6.18. The van der Waals surface area contributed by atoms with Crippen LogP contribution in [0.2, 0.25) is 0 Å². The summed E-state index contributed by atoms with van der Waals surface area (Å²) in [4.78, 5) is 18.1. The SMILES string of the molecule is CC(C)CCOc1ccccc1-c1ccccc1OCc1cn(C[C@@H](CCCCN)NC(=O)[C@@H](CCCN=C(N)N)n2cc(Cc3ccccc3)nn2)nn1. The first-order chi connectivity index (χ1) is 26.8. The van der Waals surface area contributed by atoms with E-state index in [-0.39, 0.29) is 24.5 Å². The average molecular weight is 750 g/mol. The largest absolute Gasteiger partial charge is 0.493 e. The number of nitrogens with two attached hydrogens (primary N) is 3. The van der Waals surface area contributed by atoms with Crippen molar-refractivity contribution in [2.24, 2.45) is 28.1 Å². The first kappa shape index (κ1) is 40.4. The number of hydrogen-bond acceptors (Lipinski definition) is 9. The van der Waals surface area contributed by atoms with E-state index in [0.29, 0.717) is 63.5 Å². The van der Waals surface area contributed by atoms with Gasteiger partial charge < -0.3 is 32.0 Å². The molecular formula is C41H55N11O3. The maximum Gasteiger partial charge on any atom is 0.245 e. The van der Waals surface area contributed by atoms with Crippen molar-refractivity contribution in [1.29, 1.82) is 0 Å². The maximum atomic E-state index is 14.0. The predicted molar refractivity (Wildman–Crippen MR) is 214 cm³/mol. The minimum Gasteiger partial charge on any atom is -0.493 e. The molecule has 0 bridgehead atoms. The van der Waals surface area contributed by atoms with Crippen molar-refractivity contribution < 1.29 is 14.3 Å². The van der Waals surface area contributed by atoms with Crippen LogP contribution in [0.1, 0.15) is 75.4 Å². The molecule has 2 aromatic heterocycles. The Morgan fingerprint density at radius 1 is 0.800 bits per heavy atom. The third-order valence-corrected chi connectivity index (χ3v) is 9.08. The van der Waals surface area contributed by atoms with Crippen LogP contribution in [0.5, 0.6) is 11.5 Å². The van der Waals surface area contributed by atoms with Gasteiger partial charge in [-0.25, -0.2) is 4.68 Å². The molecule has 0 radical (unpaired) electrons. The highest BCUT2D eigenvalue weighted by molar-refractivity contribution is 5.80. The number of para-hydroxylation sites is 2. The van der Waals surface area contributed by atoms with Gasteiger partial charge in [-0.3, -0.25) is 14.5 Å². The highest BCUT2D eigenvalue weighted by Crippen LogP contribution is 2.36. The van der Waals surface area contributed by atoms with Gasteiger partial charge in [0, 0.05) is 36.3 Å². The van der Waals surface area contributed by atoms with E-state index >= 15 is 0 Å². The molecule has 5 rings (SSSR count). The molecule has 0 aliphatic heterocycles. The van der Waals surface area contributed by atoms with Gasteiger partial charge in [0.2, 0.25) is 5.91 Å². The summed E-state index contributed by atoms with van der Waals surface area (Å²) in [7, 11) is 0. The van der Waals surface area contributed by atoms with E-state index in [2.05, 4.69) is 44.8 Å². The number of benzene rings is 3. The topological polar surface area (TPSA) is 199 Å². The smallest absolute Gasteiger partial charge is 0.245 e. The minimum atomic E-state index is -0.617. The molecular weight excluding hydrogens is 695 g/mol. The van der Waals surface area contributed by atoms with Gasteiger partial charge in [-0.05, 0) is 62.3 Å². The lowest BCUT2D eigenvalue weighted by Gasteiger charge is -2.23. The van der Waals surface area contributed by atoms with E-state index in [0.717, 1.165) is 53.1 Å². The van der Waals surface area contributed by atoms with Crippen molar-refractivity contribution in [2.75, 3.05) is 19.7 Å². The van der Waals surface area contributed by atoms with E-state index in [1.165, 1.54) is 0 Å². The van der Waals surface area contributed by atoms with Gasteiger partial charge in [0.05, 0.1) is 25.0 Å². The number of carbonyl (C=O) groups is 1. The van der Waals surface area contributed by atoms with E-state index in [1.54, 1.807) is 9.36 Å². The van der Waals surface area contributed by atoms with E-state index in [1.807, 2.05) is 91.3 Å². The summed E-state index contributed by atoms with van der Waals surface area (Å²) in [6.45, 7) is 6.61. The molecule has 0 saturated carbocycles. The van der Waals surface area contributed by atoms with Crippen LogP contribution in [0.25, 0.3) is 11.1 Å². The van der Waals surface area contributed by atoms with Gasteiger partial charge in [-0.2, -0.15) is 0 Å². The Hall–Kier alpha value is -5.76. The van der Waals surface area contributed by atoms with Gasteiger partial charge in [-0.15, -0.1) is 10.2 Å². The summed E-state index contributed by atoms with van der Waals surface area (Å²) in [5.41, 5.74) is 21.4. The molecule has 55 heavy (non-hydrogen) atoms. The second-order valence-corrected chi connectivity index (χ2v) is 14.1. The molecule has 14 nitrogen and oxygen atoms in total. The Balaban J connectivity index is 1.26. The Kier molecular flexibility index (Phi) is 15.6. The number of ether oxygens (including phenoxy) is 2. The quantitative estimate of drug-likeness (QED) is 0.0399. The van der Waals surface area contributed by atoms with Gasteiger partial charge in [0.25, 0.3) is 0 Å². The monoisotopic (exact) mass is 749 g/mol. The molecule has 0 saturated heterocycles. The van der Waals surface area contributed by atoms with Crippen LogP contribution >= 0.6 is 0 Å². The zero-order valence-corrected chi connectivity index (χ0v) is 32.0. The third-order valence-electron chi connectivity index (χ3n) is 9.08. The van der Waals surface area contributed by atoms with Crippen molar-refractivity contribution in [1.82, 2.24) is 35.3 Å². The third kappa shape index (κ3) is 13.0. The zero-order valence-electron chi connectivity index (χ0n) is 32.0. The van der Waals surface area contributed by atoms with E-state index in [9.17, 15) is 4.79 Å². The number of aliphatic imine (C=N–C) groups is 1. The van der Waals surface area contributed by atoms with Crippen LogP contribution in [0, 0.1) is 5.92 Å². The average Bonchev–Trinajstić information content (AvgIpc) is 3.84. The van der Waals surface area contributed by atoms with Crippen molar-refractivity contribution >= 4 is 11.9 Å². The van der Waals surface area contributed by atoms with Crippen molar-refractivity contribution in [2.45, 2.75) is 84.0 Å². The fourth-order valence-corrected chi connectivity index (χ4v) is 6.18. The number of rotatable bonds is 23. The number of hydrogen-bond donors (Lipinski definition) is 4. The summed E-state index contributed by atoms with van der Waals surface area (Å²) in [5, 5.41) is 20.8. The second kappa shape index (κ2) is 21.2. The van der Waals surface area contributed by atoms with Crippen LogP contribution in [0.4, 0.5) is 0 Å². The Bertz CT molecular complexity index is 1920. The molecule has 3 aromatic carbocycles. The standard InChI is InChI=1S/C41H55N11O3/c1-30(2)21-24-54-38-19-8-6-16-35(38)36-17-7-9-20-39(36)55-29-34-27-51(49-48-34)26-32(15-10-11-22-42)46-40(53)37(18-12-23-45-41(43)44)52-28-33(47-50-52)25-31-13-4-3-5-14-31/h3-9,13-14,16-17,19-20,27-28,30,32,37H,10-12,15,18,21-26,29,42H2,1-2H3,(H,46,53)(H4,43,44,45)/t32-,37-/m1/s1. The first-order valence-electron chi connectivity index (χ1n) is 19.1. The molecule has 292 valence electrons. The van der Waals surface area contributed by atoms with Crippen molar-refractivity contribution in [3.63, 3.8) is 0 Å². The number of amides is 1. The van der Waals surface area contributed by atoms with E-state index < -0.39 is 6.04 Å². The van der Waals surface area contributed by atoms with Crippen LogP contribution in [0.3, 0.4) is 0 Å². The lowest BCUT2D eigenvalue weighted by Crippen LogP contribution is -2.42. The Morgan fingerprint density at radius 3 is 2.20 bits per heavy atom. The normalized spacial score (nSPS) is 12.3. The Labute approximate surface area is 323 Å². The van der Waals surface area contributed by atoms with Crippen LogP contribution in [-0.2, 0) is 24.4 Å². The molecule has 7 N–H and O–H groups in total. The van der Waals surface area contributed by atoms with E-state index in [4.69, 9.17) is 26.7 Å². The lowest BCUT2D eigenvalue weighted by atomic mass is 10.0. The second-order valence-electron chi connectivity index (χ2n) is 14.1. The molecule has 2 heterocycles. The predicted octanol–water partition coefficient (Wildman–Crippen LogP) is 5.04. The molecule has 14 heteroatoms. The number of carbonyl (C=O) groups excluding carboxylic acids is 1. The van der Waals surface area contributed by atoms with Gasteiger partial charge in [0.1, 0.15) is 29.8 Å². The Morgan fingerprint density at radius 2 is 1.49 bits per heavy atom. The molecule has 0 aliphatic rings. The molecule has 2 atom stereocenters. The number of nitrogens with zero attached hydrogens (tertiary/aromatic N) is 7. The maximum absolute atomic E-state index is 14.0. The number of unbranched alkanes of at least 4 members (excludes halogenated alkanes) is 1. The zero-order chi connectivity index (χ0) is 38.8. The molecule has 0 aliphatic carbocycles.